The molecule has 90 valence electrons. The first-order valence-corrected chi connectivity index (χ1v) is 6.26. The molecule has 4 nitrogen and oxygen atoms in total. The van der Waals surface area contributed by atoms with E-state index in [-0.39, 0.29) is 0 Å². The van der Waals surface area contributed by atoms with Crippen LogP contribution in [-0.4, -0.2) is 22.7 Å². The first kappa shape index (κ1) is 11.6. The lowest BCUT2D eigenvalue weighted by Gasteiger charge is -2.11. The molecular weight excluding hydrogens is 202 g/mol. The van der Waals surface area contributed by atoms with Crippen LogP contribution in [0.3, 0.4) is 0 Å². The number of hydrogen-bond donors (Lipinski definition) is 1. The van der Waals surface area contributed by atoms with Crippen LogP contribution >= 0.6 is 0 Å². The minimum absolute atomic E-state index is 0.729. The smallest absolute Gasteiger partial charge is 0.226 e. The van der Waals surface area contributed by atoms with E-state index in [0.717, 1.165) is 43.1 Å². The number of nitrogens with one attached hydrogen (secondary N) is 1. The predicted octanol–water partition coefficient (Wildman–Crippen LogP) is 2.09. The highest BCUT2D eigenvalue weighted by molar-refractivity contribution is 4.83. The molecule has 1 aromatic rings. The van der Waals surface area contributed by atoms with Gasteiger partial charge in [-0.3, -0.25) is 0 Å². The zero-order valence-corrected chi connectivity index (χ0v) is 10.2. The van der Waals surface area contributed by atoms with E-state index >= 15 is 0 Å². The van der Waals surface area contributed by atoms with Crippen LogP contribution in [0.2, 0.25) is 0 Å². The van der Waals surface area contributed by atoms with Crippen molar-refractivity contribution in [2.24, 2.45) is 5.92 Å². The SMILES string of the molecule is Cc1noc(CCCNC2CCC(C)C2)n1. The maximum Gasteiger partial charge on any atom is 0.226 e. The molecule has 16 heavy (non-hydrogen) atoms. The Balaban J connectivity index is 1.58. The van der Waals surface area contributed by atoms with Crippen molar-refractivity contribution in [3.63, 3.8) is 0 Å². The van der Waals surface area contributed by atoms with Crippen molar-refractivity contribution in [2.75, 3.05) is 6.54 Å². The molecule has 2 atom stereocenters. The fourth-order valence-electron chi connectivity index (χ4n) is 2.38. The van der Waals surface area contributed by atoms with Crippen molar-refractivity contribution >= 4 is 0 Å². The molecule has 1 aromatic heterocycles. The highest BCUT2D eigenvalue weighted by atomic mass is 16.5. The Hall–Kier alpha value is -0.900. The molecular formula is C12H21N3O. The van der Waals surface area contributed by atoms with Crippen LogP contribution in [0.1, 0.15) is 44.3 Å². The van der Waals surface area contributed by atoms with Gasteiger partial charge in [0.25, 0.3) is 0 Å². The van der Waals surface area contributed by atoms with E-state index < -0.39 is 0 Å². The van der Waals surface area contributed by atoms with Crippen LogP contribution in [0, 0.1) is 12.8 Å². The van der Waals surface area contributed by atoms with Crippen molar-refractivity contribution < 1.29 is 4.52 Å². The van der Waals surface area contributed by atoms with Crippen molar-refractivity contribution in [1.82, 2.24) is 15.5 Å². The summed E-state index contributed by atoms with van der Waals surface area (Å²) >= 11 is 0. The Morgan fingerprint density at radius 2 is 2.31 bits per heavy atom. The van der Waals surface area contributed by atoms with Gasteiger partial charge in [0.1, 0.15) is 0 Å². The lowest BCUT2D eigenvalue weighted by Crippen LogP contribution is -2.27. The molecule has 1 saturated carbocycles. The minimum Gasteiger partial charge on any atom is -0.339 e. The van der Waals surface area contributed by atoms with Gasteiger partial charge in [0.15, 0.2) is 5.82 Å². The fraction of sp³-hybridized carbons (Fsp3) is 0.833. The van der Waals surface area contributed by atoms with E-state index in [1.807, 2.05) is 6.92 Å². The Morgan fingerprint density at radius 3 is 2.94 bits per heavy atom. The number of hydrogen-bond acceptors (Lipinski definition) is 4. The summed E-state index contributed by atoms with van der Waals surface area (Å²) in [6.07, 6.45) is 6.00. The van der Waals surface area contributed by atoms with Crippen LogP contribution in [0.5, 0.6) is 0 Å². The highest BCUT2D eigenvalue weighted by Crippen LogP contribution is 2.24. The molecule has 0 saturated heterocycles. The molecule has 2 unspecified atom stereocenters. The van der Waals surface area contributed by atoms with Gasteiger partial charge in [0, 0.05) is 12.5 Å². The van der Waals surface area contributed by atoms with E-state index in [1.54, 1.807) is 0 Å². The molecule has 0 aliphatic heterocycles. The molecule has 0 radical (unpaired) electrons. The molecule has 0 spiro atoms. The second-order valence-electron chi connectivity index (χ2n) is 4.91. The molecule has 1 aliphatic rings. The third-order valence-corrected chi connectivity index (χ3v) is 3.26. The summed E-state index contributed by atoms with van der Waals surface area (Å²) in [5, 5.41) is 7.38. The Morgan fingerprint density at radius 1 is 1.44 bits per heavy atom. The summed E-state index contributed by atoms with van der Waals surface area (Å²) in [5.74, 6) is 2.39. The predicted molar refractivity (Wildman–Crippen MR) is 62.2 cm³/mol. The normalized spacial score (nSPS) is 25.1. The standard InChI is InChI=1S/C12H21N3O/c1-9-5-6-11(8-9)13-7-3-4-12-14-10(2)15-16-12/h9,11,13H,3-8H2,1-2H3. The van der Waals surface area contributed by atoms with Crippen LogP contribution in [0.25, 0.3) is 0 Å². The van der Waals surface area contributed by atoms with Gasteiger partial charge in [0.2, 0.25) is 5.89 Å². The summed E-state index contributed by atoms with van der Waals surface area (Å²) in [6.45, 7) is 5.24. The van der Waals surface area contributed by atoms with E-state index in [2.05, 4.69) is 22.4 Å². The fourth-order valence-corrected chi connectivity index (χ4v) is 2.38. The maximum atomic E-state index is 5.06. The van der Waals surface area contributed by atoms with E-state index in [1.165, 1.54) is 19.3 Å². The molecule has 0 aromatic carbocycles. The summed E-state index contributed by atoms with van der Waals surface area (Å²) < 4.78 is 5.06. The summed E-state index contributed by atoms with van der Waals surface area (Å²) in [7, 11) is 0. The third kappa shape index (κ3) is 3.30. The molecule has 1 heterocycles. The Bertz CT molecular complexity index is 324. The van der Waals surface area contributed by atoms with E-state index in [9.17, 15) is 0 Å². The van der Waals surface area contributed by atoms with Gasteiger partial charge in [-0.2, -0.15) is 4.98 Å². The number of aryl methyl sites for hydroxylation is 2. The van der Waals surface area contributed by atoms with Crippen LogP contribution < -0.4 is 5.32 Å². The third-order valence-electron chi connectivity index (χ3n) is 3.26. The van der Waals surface area contributed by atoms with Crippen LogP contribution in [-0.2, 0) is 6.42 Å². The van der Waals surface area contributed by atoms with Crippen molar-refractivity contribution in [3.05, 3.63) is 11.7 Å². The largest absolute Gasteiger partial charge is 0.339 e. The second kappa shape index (κ2) is 5.43. The van der Waals surface area contributed by atoms with Crippen LogP contribution in [0.15, 0.2) is 4.52 Å². The summed E-state index contributed by atoms with van der Waals surface area (Å²) in [4.78, 5) is 4.19. The lowest BCUT2D eigenvalue weighted by atomic mass is 10.1. The van der Waals surface area contributed by atoms with Gasteiger partial charge in [-0.15, -0.1) is 0 Å². The van der Waals surface area contributed by atoms with Gasteiger partial charge in [-0.1, -0.05) is 12.1 Å². The van der Waals surface area contributed by atoms with Crippen molar-refractivity contribution in [1.29, 1.82) is 0 Å². The van der Waals surface area contributed by atoms with Crippen molar-refractivity contribution in [3.8, 4) is 0 Å². The number of nitrogens with zero attached hydrogens (tertiary/aromatic N) is 2. The van der Waals surface area contributed by atoms with E-state index in [0.29, 0.717) is 0 Å². The summed E-state index contributed by atoms with van der Waals surface area (Å²) in [5.41, 5.74) is 0. The van der Waals surface area contributed by atoms with Crippen LogP contribution in [0.4, 0.5) is 0 Å². The topological polar surface area (TPSA) is 51.0 Å². The zero-order valence-electron chi connectivity index (χ0n) is 10.2. The van der Waals surface area contributed by atoms with E-state index in [4.69, 9.17) is 4.52 Å². The minimum atomic E-state index is 0.729. The average molecular weight is 223 g/mol. The lowest BCUT2D eigenvalue weighted by molar-refractivity contribution is 0.369. The number of rotatable bonds is 5. The molecule has 1 aliphatic carbocycles. The van der Waals surface area contributed by atoms with Gasteiger partial charge in [-0.25, -0.2) is 0 Å². The first-order valence-electron chi connectivity index (χ1n) is 6.26. The quantitative estimate of drug-likeness (QED) is 0.777. The first-order chi connectivity index (χ1) is 7.74. The molecule has 1 fully saturated rings. The molecule has 1 N–H and O–H groups in total. The molecule has 4 heteroatoms. The Labute approximate surface area is 96.8 Å². The zero-order chi connectivity index (χ0) is 11.4. The van der Waals surface area contributed by atoms with Gasteiger partial charge < -0.3 is 9.84 Å². The monoisotopic (exact) mass is 223 g/mol. The highest BCUT2D eigenvalue weighted by Gasteiger charge is 2.20. The van der Waals surface area contributed by atoms with Crippen molar-refractivity contribution in [2.45, 2.75) is 52.0 Å². The maximum absolute atomic E-state index is 5.06. The molecule has 2 rings (SSSR count). The van der Waals surface area contributed by atoms with Gasteiger partial charge in [-0.05, 0) is 45.1 Å². The second-order valence-corrected chi connectivity index (χ2v) is 4.91. The van der Waals surface area contributed by atoms with Gasteiger partial charge >= 0.3 is 0 Å². The molecule has 0 amide bonds. The van der Waals surface area contributed by atoms with Gasteiger partial charge in [0.05, 0.1) is 0 Å². The molecule has 0 bridgehead atoms. The number of aromatic nitrogens is 2. The summed E-state index contributed by atoms with van der Waals surface area (Å²) in [6, 6.07) is 0.736. The average Bonchev–Trinajstić information content (AvgIpc) is 2.83. The Kier molecular flexibility index (Phi) is 3.93.